The summed E-state index contributed by atoms with van der Waals surface area (Å²) < 4.78 is 5.22. The van der Waals surface area contributed by atoms with Gasteiger partial charge in [0.05, 0.1) is 29.2 Å². The van der Waals surface area contributed by atoms with E-state index in [2.05, 4.69) is 41.7 Å². The molecule has 0 radical (unpaired) electrons. The Labute approximate surface area is 168 Å². The Bertz CT molecular complexity index is 999. The molecule has 3 aromatic rings. The van der Waals surface area contributed by atoms with E-state index in [1.165, 1.54) is 0 Å². The van der Waals surface area contributed by atoms with Crippen LogP contribution in [0.2, 0.25) is 0 Å². The molecule has 5 heteroatoms. The number of anilines is 1. The molecule has 1 N–H and O–H groups in total. The Morgan fingerprint density at radius 1 is 0.963 bits per heavy atom. The fourth-order valence-corrected chi connectivity index (χ4v) is 3.98. The molecule has 0 aliphatic carbocycles. The molecule has 0 bridgehead atoms. The highest BCUT2D eigenvalue weighted by molar-refractivity contribution is 7.99. The van der Waals surface area contributed by atoms with Crippen LogP contribution in [0.5, 0.6) is 5.75 Å². The molecular weight excluding hydrogens is 372 g/mol. The third-order valence-corrected chi connectivity index (χ3v) is 5.47. The van der Waals surface area contributed by atoms with E-state index in [0.29, 0.717) is 6.42 Å². The van der Waals surface area contributed by atoms with E-state index in [0.717, 1.165) is 43.2 Å². The largest absolute Gasteiger partial charge is 0.497 e. The number of fused-ring (bicyclic) bond motifs is 1. The van der Waals surface area contributed by atoms with Gasteiger partial charge in [-0.3, -0.25) is 4.99 Å². The zero-order chi connectivity index (χ0) is 18.6. The first-order valence-corrected chi connectivity index (χ1v) is 9.82. The van der Waals surface area contributed by atoms with Crippen LogP contribution in [0.25, 0.3) is 0 Å². The SMILES string of the molecule is COc1ccc(Sc2ccc3c(c2)N=C(c2ccccc2)CC(=S)N3)cc1. The van der Waals surface area contributed by atoms with Crippen LogP contribution in [0.1, 0.15) is 12.0 Å². The molecule has 3 nitrogen and oxygen atoms in total. The summed E-state index contributed by atoms with van der Waals surface area (Å²) in [5, 5.41) is 3.32. The number of ether oxygens (including phenoxy) is 1. The molecule has 1 aliphatic rings. The van der Waals surface area contributed by atoms with Gasteiger partial charge < -0.3 is 10.1 Å². The van der Waals surface area contributed by atoms with Crippen molar-refractivity contribution in [3.05, 3.63) is 78.4 Å². The second-order valence-electron chi connectivity index (χ2n) is 6.11. The number of hydrogen-bond acceptors (Lipinski definition) is 4. The number of nitrogens with zero attached hydrogens (tertiary/aromatic N) is 1. The van der Waals surface area contributed by atoms with Crippen molar-refractivity contribution in [2.24, 2.45) is 4.99 Å². The summed E-state index contributed by atoms with van der Waals surface area (Å²) in [6.07, 6.45) is 0.634. The van der Waals surface area contributed by atoms with E-state index < -0.39 is 0 Å². The van der Waals surface area contributed by atoms with Crippen LogP contribution in [0, 0.1) is 0 Å². The highest BCUT2D eigenvalue weighted by Crippen LogP contribution is 2.36. The summed E-state index contributed by atoms with van der Waals surface area (Å²) in [6.45, 7) is 0. The normalized spacial score (nSPS) is 13.2. The average molecular weight is 391 g/mol. The van der Waals surface area contributed by atoms with Gasteiger partial charge in [0.2, 0.25) is 0 Å². The summed E-state index contributed by atoms with van der Waals surface area (Å²) in [6, 6.07) is 24.5. The molecule has 1 aliphatic heterocycles. The average Bonchev–Trinajstić information content (AvgIpc) is 2.87. The first-order chi connectivity index (χ1) is 13.2. The van der Waals surface area contributed by atoms with Crippen molar-refractivity contribution in [2.45, 2.75) is 16.2 Å². The quantitative estimate of drug-likeness (QED) is 0.545. The summed E-state index contributed by atoms with van der Waals surface area (Å²) >= 11 is 7.20. The molecule has 134 valence electrons. The van der Waals surface area contributed by atoms with Gasteiger partial charge in [-0.2, -0.15) is 0 Å². The Morgan fingerprint density at radius 3 is 2.44 bits per heavy atom. The molecule has 27 heavy (non-hydrogen) atoms. The Balaban J connectivity index is 1.67. The number of hydrogen-bond donors (Lipinski definition) is 1. The molecule has 0 aromatic heterocycles. The van der Waals surface area contributed by atoms with Crippen LogP contribution in [0.3, 0.4) is 0 Å². The predicted molar refractivity (Wildman–Crippen MR) is 117 cm³/mol. The van der Waals surface area contributed by atoms with E-state index in [9.17, 15) is 0 Å². The molecule has 3 aromatic carbocycles. The third kappa shape index (κ3) is 4.21. The van der Waals surface area contributed by atoms with Crippen LogP contribution in [0.15, 0.2) is 87.6 Å². The van der Waals surface area contributed by atoms with E-state index in [1.54, 1.807) is 18.9 Å². The minimum atomic E-state index is 0.634. The molecule has 0 saturated carbocycles. The molecular formula is C22H18N2OS2. The van der Waals surface area contributed by atoms with Gasteiger partial charge in [0, 0.05) is 16.2 Å². The van der Waals surface area contributed by atoms with Gasteiger partial charge in [-0.05, 0) is 48.0 Å². The van der Waals surface area contributed by atoms with E-state index in [1.807, 2.05) is 36.4 Å². The van der Waals surface area contributed by atoms with Gasteiger partial charge >= 0.3 is 0 Å². The highest BCUT2D eigenvalue weighted by atomic mass is 32.2. The number of thiocarbonyl (C=S) groups is 1. The fourth-order valence-electron chi connectivity index (χ4n) is 2.88. The van der Waals surface area contributed by atoms with Crippen LogP contribution >= 0.6 is 24.0 Å². The molecule has 0 unspecified atom stereocenters. The van der Waals surface area contributed by atoms with Gasteiger partial charge in [0.1, 0.15) is 5.75 Å². The van der Waals surface area contributed by atoms with Gasteiger partial charge in [-0.25, -0.2) is 0 Å². The van der Waals surface area contributed by atoms with Crippen molar-refractivity contribution in [3.63, 3.8) is 0 Å². The van der Waals surface area contributed by atoms with Crippen molar-refractivity contribution in [2.75, 3.05) is 12.4 Å². The Hall–Kier alpha value is -2.63. The smallest absolute Gasteiger partial charge is 0.118 e. The van der Waals surface area contributed by atoms with Gasteiger partial charge in [-0.15, -0.1) is 0 Å². The van der Waals surface area contributed by atoms with Gasteiger partial charge in [0.25, 0.3) is 0 Å². The van der Waals surface area contributed by atoms with Crippen molar-refractivity contribution in [3.8, 4) is 5.75 Å². The monoisotopic (exact) mass is 390 g/mol. The number of aliphatic imine (C=N–C) groups is 1. The van der Waals surface area contributed by atoms with Crippen molar-refractivity contribution in [1.29, 1.82) is 0 Å². The summed E-state index contributed by atoms with van der Waals surface area (Å²) in [5.41, 5.74) is 3.94. The molecule has 0 fully saturated rings. The lowest BCUT2D eigenvalue weighted by molar-refractivity contribution is 0.414. The molecule has 4 rings (SSSR count). The standard InChI is InChI=1S/C22H18N2OS2/c1-25-16-7-9-17(10-8-16)27-18-11-12-19-21(13-18)23-20(14-22(26)24-19)15-5-3-2-4-6-15/h2-13H,14H2,1H3,(H,24,26). The van der Waals surface area contributed by atoms with E-state index in [4.69, 9.17) is 21.9 Å². The van der Waals surface area contributed by atoms with Gasteiger partial charge in [0.15, 0.2) is 0 Å². The predicted octanol–water partition coefficient (Wildman–Crippen LogP) is 6.11. The minimum absolute atomic E-state index is 0.634. The summed E-state index contributed by atoms with van der Waals surface area (Å²) in [5.74, 6) is 0.857. The molecule has 0 saturated heterocycles. The maximum Gasteiger partial charge on any atom is 0.118 e. The van der Waals surface area contributed by atoms with E-state index >= 15 is 0 Å². The first-order valence-electron chi connectivity index (χ1n) is 8.60. The Kier molecular flexibility index (Phi) is 5.23. The number of nitrogens with one attached hydrogen (secondary N) is 1. The molecule has 0 spiro atoms. The highest BCUT2D eigenvalue weighted by Gasteiger charge is 2.15. The Morgan fingerprint density at radius 2 is 1.70 bits per heavy atom. The van der Waals surface area contributed by atoms with Crippen molar-refractivity contribution in [1.82, 2.24) is 0 Å². The summed E-state index contributed by atoms with van der Waals surface area (Å²) in [7, 11) is 1.67. The lowest BCUT2D eigenvalue weighted by atomic mass is 10.1. The van der Waals surface area contributed by atoms with Crippen LogP contribution < -0.4 is 10.1 Å². The summed E-state index contributed by atoms with van der Waals surface area (Å²) in [4.78, 5) is 7.99. The van der Waals surface area contributed by atoms with E-state index in [-0.39, 0.29) is 0 Å². The number of methoxy groups -OCH3 is 1. The zero-order valence-electron chi connectivity index (χ0n) is 14.8. The number of rotatable bonds is 4. The van der Waals surface area contributed by atoms with Crippen molar-refractivity contribution >= 4 is 46.1 Å². The zero-order valence-corrected chi connectivity index (χ0v) is 16.4. The second-order valence-corrected chi connectivity index (χ2v) is 7.75. The fraction of sp³-hybridized carbons (Fsp3) is 0.0909. The van der Waals surface area contributed by atoms with Crippen LogP contribution in [-0.2, 0) is 0 Å². The first kappa shape index (κ1) is 17.8. The van der Waals surface area contributed by atoms with Crippen LogP contribution in [-0.4, -0.2) is 17.8 Å². The lowest BCUT2D eigenvalue weighted by Gasteiger charge is -2.08. The molecule has 0 atom stereocenters. The topological polar surface area (TPSA) is 33.6 Å². The van der Waals surface area contributed by atoms with Gasteiger partial charge in [-0.1, -0.05) is 54.3 Å². The molecule has 1 heterocycles. The molecule has 0 amide bonds. The maximum atomic E-state index is 5.50. The lowest BCUT2D eigenvalue weighted by Crippen LogP contribution is -2.12. The third-order valence-electron chi connectivity index (χ3n) is 4.23. The maximum absolute atomic E-state index is 5.50. The van der Waals surface area contributed by atoms with Crippen molar-refractivity contribution < 1.29 is 4.74 Å². The minimum Gasteiger partial charge on any atom is -0.497 e. The number of benzene rings is 3. The van der Waals surface area contributed by atoms with Crippen LogP contribution in [0.4, 0.5) is 11.4 Å². The second kappa shape index (κ2) is 7.94.